The molecular formula is C21H17FN6OS2. The van der Waals surface area contributed by atoms with E-state index in [0.29, 0.717) is 28.1 Å². The second-order valence-electron chi connectivity index (χ2n) is 7.00. The Balaban J connectivity index is 1.42. The lowest BCUT2D eigenvalue weighted by Crippen LogP contribution is -2.25. The van der Waals surface area contributed by atoms with Crippen LogP contribution in [-0.2, 0) is 5.75 Å². The average Bonchev–Trinajstić information content (AvgIpc) is 3.31. The van der Waals surface area contributed by atoms with Crippen LogP contribution in [0.1, 0.15) is 28.3 Å². The number of hydrogen-bond donors (Lipinski definition) is 1. The van der Waals surface area contributed by atoms with Crippen LogP contribution in [0.4, 0.5) is 4.39 Å². The molecule has 1 aromatic carbocycles. The molecule has 3 heterocycles. The van der Waals surface area contributed by atoms with Gasteiger partial charge in [-0.15, -0.1) is 21.5 Å². The van der Waals surface area contributed by atoms with Crippen LogP contribution in [0.2, 0.25) is 0 Å². The molecule has 0 radical (unpaired) electrons. The van der Waals surface area contributed by atoms with E-state index >= 15 is 0 Å². The summed E-state index contributed by atoms with van der Waals surface area (Å²) in [5, 5.41) is 14.6. The third-order valence-electron chi connectivity index (χ3n) is 4.67. The molecule has 0 spiro atoms. The van der Waals surface area contributed by atoms with Gasteiger partial charge in [-0.3, -0.25) is 14.3 Å². The summed E-state index contributed by atoms with van der Waals surface area (Å²) in [4.78, 5) is 20.7. The van der Waals surface area contributed by atoms with Crippen LogP contribution >= 0.6 is 23.1 Å². The van der Waals surface area contributed by atoms with Crippen LogP contribution in [0.15, 0.2) is 59.3 Å². The highest BCUT2D eigenvalue weighted by Gasteiger charge is 2.25. The lowest BCUT2D eigenvalue weighted by molar-refractivity contribution is 0.0946. The fraction of sp³-hybridized carbons (Fsp3) is 0.190. The van der Waals surface area contributed by atoms with Crippen molar-refractivity contribution in [3.05, 3.63) is 70.7 Å². The Kier molecular flexibility index (Phi) is 5.47. The van der Waals surface area contributed by atoms with Crippen molar-refractivity contribution >= 4 is 29.0 Å². The van der Waals surface area contributed by atoms with E-state index in [1.807, 2.05) is 6.07 Å². The molecule has 1 amide bonds. The van der Waals surface area contributed by atoms with E-state index in [4.69, 9.17) is 0 Å². The first-order valence-electron chi connectivity index (χ1n) is 9.68. The maximum absolute atomic E-state index is 14.6. The van der Waals surface area contributed by atoms with E-state index in [0.717, 1.165) is 23.4 Å². The van der Waals surface area contributed by atoms with Crippen LogP contribution in [0.3, 0.4) is 0 Å². The normalized spacial score (nSPS) is 13.3. The molecule has 0 aliphatic heterocycles. The number of pyridine rings is 1. The van der Waals surface area contributed by atoms with Crippen LogP contribution in [0, 0.1) is 5.82 Å². The molecule has 156 valence electrons. The van der Waals surface area contributed by atoms with Crippen LogP contribution < -0.4 is 5.32 Å². The Labute approximate surface area is 185 Å². The second-order valence-corrected chi connectivity index (χ2v) is 8.88. The summed E-state index contributed by atoms with van der Waals surface area (Å²) in [6.45, 7) is 0. The minimum atomic E-state index is -0.373. The van der Waals surface area contributed by atoms with Crippen molar-refractivity contribution in [2.75, 3.05) is 0 Å². The largest absolute Gasteiger partial charge is 0.348 e. The molecule has 0 saturated heterocycles. The molecule has 5 rings (SSSR count). The topological polar surface area (TPSA) is 85.6 Å². The van der Waals surface area contributed by atoms with Gasteiger partial charge >= 0.3 is 0 Å². The van der Waals surface area contributed by atoms with Gasteiger partial charge in [0.1, 0.15) is 16.5 Å². The first-order chi connectivity index (χ1) is 15.2. The third kappa shape index (κ3) is 4.35. The highest BCUT2D eigenvalue weighted by molar-refractivity contribution is 7.98. The molecular weight excluding hydrogens is 435 g/mol. The van der Waals surface area contributed by atoms with Gasteiger partial charge in [0.15, 0.2) is 11.0 Å². The minimum Gasteiger partial charge on any atom is -0.348 e. The van der Waals surface area contributed by atoms with Gasteiger partial charge in [-0.05, 0) is 37.1 Å². The summed E-state index contributed by atoms with van der Waals surface area (Å²) in [5.74, 6) is 0.483. The van der Waals surface area contributed by atoms with Gasteiger partial charge in [0.2, 0.25) is 0 Å². The molecule has 1 saturated carbocycles. The van der Waals surface area contributed by atoms with Gasteiger partial charge in [0.25, 0.3) is 5.91 Å². The van der Waals surface area contributed by atoms with Gasteiger partial charge in [-0.1, -0.05) is 23.9 Å². The third-order valence-corrected chi connectivity index (χ3v) is 6.64. The van der Waals surface area contributed by atoms with Gasteiger partial charge in [0, 0.05) is 29.4 Å². The van der Waals surface area contributed by atoms with Crippen molar-refractivity contribution in [3.8, 4) is 17.1 Å². The molecule has 1 fully saturated rings. The molecule has 4 aromatic rings. The molecule has 0 atom stereocenters. The number of thioether (sulfide) groups is 1. The SMILES string of the molecule is O=C(NC1CC1)c1csc(CSc2nnc(-c3cccnc3)n2-c2ccccc2F)n1. The number of carbonyl (C=O) groups excluding carboxylic acids is 1. The van der Waals surface area contributed by atoms with Gasteiger partial charge in [-0.25, -0.2) is 9.37 Å². The second kappa shape index (κ2) is 8.56. The first-order valence-corrected chi connectivity index (χ1v) is 11.5. The smallest absolute Gasteiger partial charge is 0.270 e. The van der Waals surface area contributed by atoms with E-state index in [9.17, 15) is 9.18 Å². The monoisotopic (exact) mass is 452 g/mol. The molecule has 1 N–H and O–H groups in total. The molecule has 3 aromatic heterocycles. The summed E-state index contributed by atoms with van der Waals surface area (Å²) < 4.78 is 16.3. The number of benzene rings is 1. The summed E-state index contributed by atoms with van der Waals surface area (Å²) in [5.41, 5.74) is 1.52. The zero-order valence-corrected chi connectivity index (χ0v) is 17.9. The van der Waals surface area contributed by atoms with Crippen LogP contribution in [-0.4, -0.2) is 36.7 Å². The average molecular weight is 453 g/mol. The van der Waals surface area contributed by atoms with E-state index in [1.54, 1.807) is 46.6 Å². The number of para-hydroxylation sites is 1. The minimum absolute atomic E-state index is 0.136. The fourth-order valence-electron chi connectivity index (χ4n) is 2.99. The number of aromatic nitrogens is 5. The van der Waals surface area contributed by atoms with Gasteiger partial charge < -0.3 is 5.32 Å². The Morgan fingerprint density at radius 3 is 2.87 bits per heavy atom. The van der Waals surface area contributed by atoms with Crippen molar-refractivity contribution in [1.29, 1.82) is 0 Å². The lowest BCUT2D eigenvalue weighted by atomic mass is 10.2. The maximum atomic E-state index is 14.6. The van der Waals surface area contributed by atoms with Crippen molar-refractivity contribution < 1.29 is 9.18 Å². The summed E-state index contributed by atoms with van der Waals surface area (Å²) in [6, 6.07) is 10.4. The van der Waals surface area contributed by atoms with Gasteiger partial charge in [0.05, 0.1) is 11.4 Å². The fourth-order valence-corrected chi connectivity index (χ4v) is 4.73. The number of carbonyl (C=O) groups is 1. The number of hydrogen-bond acceptors (Lipinski definition) is 7. The molecule has 1 aliphatic carbocycles. The highest BCUT2D eigenvalue weighted by atomic mass is 32.2. The predicted molar refractivity (Wildman–Crippen MR) is 117 cm³/mol. The van der Waals surface area contributed by atoms with E-state index in [1.165, 1.54) is 29.2 Å². The van der Waals surface area contributed by atoms with E-state index in [2.05, 4.69) is 25.5 Å². The van der Waals surface area contributed by atoms with E-state index < -0.39 is 0 Å². The van der Waals surface area contributed by atoms with Crippen molar-refractivity contribution in [2.45, 2.75) is 29.8 Å². The van der Waals surface area contributed by atoms with Crippen LogP contribution in [0.5, 0.6) is 0 Å². The summed E-state index contributed by atoms with van der Waals surface area (Å²) in [7, 11) is 0. The van der Waals surface area contributed by atoms with Crippen LogP contribution in [0.25, 0.3) is 17.1 Å². The highest BCUT2D eigenvalue weighted by Crippen LogP contribution is 2.31. The standard InChI is InChI=1S/C21H17FN6OS2/c22-15-5-1-2-6-17(15)28-19(13-4-3-9-23-10-13)26-27-21(28)31-12-18-25-16(11-30-18)20(29)24-14-7-8-14/h1-6,9-11,14H,7-8,12H2,(H,24,29). The van der Waals surface area contributed by atoms with E-state index in [-0.39, 0.29) is 17.8 Å². The van der Waals surface area contributed by atoms with Crippen molar-refractivity contribution in [1.82, 2.24) is 30.0 Å². The molecule has 1 aliphatic rings. The number of amides is 1. The molecule has 7 nitrogen and oxygen atoms in total. The quantitative estimate of drug-likeness (QED) is 0.425. The number of nitrogens with zero attached hydrogens (tertiary/aromatic N) is 5. The van der Waals surface area contributed by atoms with Crippen molar-refractivity contribution in [3.63, 3.8) is 0 Å². The number of rotatable bonds is 7. The Hall–Kier alpha value is -3.11. The van der Waals surface area contributed by atoms with Crippen molar-refractivity contribution in [2.24, 2.45) is 0 Å². The number of halogens is 1. The zero-order chi connectivity index (χ0) is 21.2. The zero-order valence-electron chi connectivity index (χ0n) is 16.2. The Morgan fingerprint density at radius 2 is 2.10 bits per heavy atom. The lowest BCUT2D eigenvalue weighted by Gasteiger charge is -2.10. The predicted octanol–water partition coefficient (Wildman–Crippen LogP) is 4.11. The number of nitrogens with one attached hydrogen (secondary N) is 1. The first kappa shape index (κ1) is 19.8. The maximum Gasteiger partial charge on any atom is 0.270 e. The summed E-state index contributed by atoms with van der Waals surface area (Å²) in [6.07, 6.45) is 5.40. The Bertz CT molecular complexity index is 1220. The molecule has 10 heteroatoms. The number of thiazole rings is 1. The molecule has 31 heavy (non-hydrogen) atoms. The van der Waals surface area contributed by atoms with Gasteiger partial charge in [-0.2, -0.15) is 0 Å². The summed E-state index contributed by atoms with van der Waals surface area (Å²) >= 11 is 2.81. The molecule has 0 bridgehead atoms. The Morgan fingerprint density at radius 1 is 1.23 bits per heavy atom. The molecule has 0 unspecified atom stereocenters.